The molecule has 1 saturated carbocycles. The number of nitrogens with two attached hydrogens (primary N) is 1. The third kappa shape index (κ3) is 2.99. The van der Waals surface area contributed by atoms with Crippen molar-refractivity contribution in [2.24, 2.45) is 5.73 Å². The van der Waals surface area contributed by atoms with E-state index in [4.69, 9.17) is 10.3 Å². The van der Waals surface area contributed by atoms with Crippen molar-refractivity contribution in [1.29, 1.82) is 0 Å². The van der Waals surface area contributed by atoms with E-state index in [9.17, 15) is 17.6 Å². The van der Waals surface area contributed by atoms with Gasteiger partial charge in [-0.15, -0.1) is 0 Å². The van der Waals surface area contributed by atoms with Gasteiger partial charge in [-0.25, -0.2) is 9.07 Å². The van der Waals surface area contributed by atoms with Gasteiger partial charge in [0, 0.05) is 0 Å². The fourth-order valence-corrected chi connectivity index (χ4v) is 3.35. The summed E-state index contributed by atoms with van der Waals surface area (Å²) in [6, 6.07) is 5.06. The zero-order valence-corrected chi connectivity index (χ0v) is 14.0. The second-order valence-corrected chi connectivity index (χ2v) is 6.55. The van der Waals surface area contributed by atoms with Gasteiger partial charge in [0.25, 0.3) is 5.89 Å². The number of benzene rings is 1. The molecule has 10 heteroatoms. The second kappa shape index (κ2) is 6.15. The van der Waals surface area contributed by atoms with Crippen molar-refractivity contribution < 1.29 is 22.1 Å². The van der Waals surface area contributed by atoms with Crippen LogP contribution in [0.1, 0.15) is 37.2 Å². The smallest absolute Gasteiger partial charge is 0.334 e. The molecule has 2 N–H and O–H groups in total. The summed E-state index contributed by atoms with van der Waals surface area (Å²) >= 11 is 0. The topological polar surface area (TPSA) is 82.8 Å². The third-order valence-corrected chi connectivity index (χ3v) is 4.72. The van der Waals surface area contributed by atoms with E-state index in [1.807, 2.05) is 0 Å². The molecule has 2 aromatic heterocycles. The second-order valence-electron chi connectivity index (χ2n) is 6.55. The molecule has 0 atom stereocenters. The van der Waals surface area contributed by atoms with Crippen LogP contribution in [0.4, 0.5) is 17.6 Å². The van der Waals surface area contributed by atoms with Crippen LogP contribution < -0.4 is 5.73 Å². The summed E-state index contributed by atoms with van der Waals surface area (Å²) in [6.07, 6.45) is -0.848. The Labute approximate surface area is 151 Å². The van der Waals surface area contributed by atoms with Gasteiger partial charge in [-0.3, -0.25) is 0 Å². The zero-order valence-electron chi connectivity index (χ0n) is 14.0. The normalized spacial score (nSPS) is 16.8. The molecule has 1 aliphatic carbocycles. The van der Waals surface area contributed by atoms with Gasteiger partial charge in [0.2, 0.25) is 0 Å². The van der Waals surface area contributed by atoms with Crippen molar-refractivity contribution in [3.63, 3.8) is 0 Å². The molecule has 4 rings (SSSR count). The van der Waals surface area contributed by atoms with Crippen molar-refractivity contribution in [1.82, 2.24) is 19.9 Å². The van der Waals surface area contributed by atoms with Crippen LogP contribution >= 0.6 is 0 Å². The Bertz CT molecular complexity index is 972. The number of rotatable bonds is 3. The number of hydrogen-bond donors (Lipinski definition) is 1. The SMILES string of the molecule is NC1(c2noc(-c3cnn(-c4ccccc4F)c3C(F)(F)F)n2)CCCC1. The van der Waals surface area contributed by atoms with Crippen molar-refractivity contribution in [2.45, 2.75) is 37.4 Å². The van der Waals surface area contributed by atoms with E-state index in [1.165, 1.54) is 18.2 Å². The minimum absolute atomic E-state index is 0.168. The van der Waals surface area contributed by atoms with E-state index < -0.39 is 28.8 Å². The van der Waals surface area contributed by atoms with Crippen molar-refractivity contribution in [3.8, 4) is 17.1 Å². The lowest BCUT2D eigenvalue weighted by Gasteiger charge is -2.17. The Hall–Kier alpha value is -2.75. The van der Waals surface area contributed by atoms with Crippen LogP contribution in [-0.4, -0.2) is 19.9 Å². The monoisotopic (exact) mass is 381 g/mol. The molecule has 0 bridgehead atoms. The first kappa shape index (κ1) is 17.7. The molecule has 142 valence electrons. The molecule has 27 heavy (non-hydrogen) atoms. The summed E-state index contributed by atoms with van der Waals surface area (Å²) < 4.78 is 60.8. The highest BCUT2D eigenvalue weighted by molar-refractivity contribution is 5.58. The van der Waals surface area contributed by atoms with Crippen molar-refractivity contribution >= 4 is 0 Å². The van der Waals surface area contributed by atoms with Crippen LogP contribution in [0.15, 0.2) is 35.0 Å². The number of nitrogens with zero attached hydrogens (tertiary/aromatic N) is 4. The Kier molecular flexibility index (Phi) is 4.02. The number of aromatic nitrogens is 4. The summed E-state index contributed by atoms with van der Waals surface area (Å²) in [5.41, 5.74) is 3.48. The van der Waals surface area contributed by atoms with Gasteiger partial charge in [-0.1, -0.05) is 30.1 Å². The summed E-state index contributed by atoms with van der Waals surface area (Å²) in [5.74, 6) is -1.02. The summed E-state index contributed by atoms with van der Waals surface area (Å²) in [5, 5.41) is 7.49. The molecule has 1 fully saturated rings. The lowest BCUT2D eigenvalue weighted by atomic mass is 9.99. The number of halogens is 4. The molecule has 1 aromatic carbocycles. The van der Waals surface area contributed by atoms with Crippen molar-refractivity contribution in [3.05, 3.63) is 47.8 Å². The lowest BCUT2D eigenvalue weighted by molar-refractivity contribution is -0.142. The largest absolute Gasteiger partial charge is 0.434 e. The van der Waals surface area contributed by atoms with Gasteiger partial charge in [0.15, 0.2) is 11.5 Å². The fraction of sp³-hybridized carbons (Fsp3) is 0.353. The van der Waals surface area contributed by atoms with Gasteiger partial charge in [0.05, 0.1) is 17.3 Å². The highest BCUT2D eigenvalue weighted by Crippen LogP contribution is 2.40. The standard InChI is InChI=1S/C17H15F4N5O/c18-11-5-1-2-6-12(11)26-13(17(19,20)21)10(9-23-26)14-24-15(25-27-14)16(22)7-3-4-8-16/h1-2,5-6,9H,3-4,7-8,22H2. The fourth-order valence-electron chi connectivity index (χ4n) is 3.35. The zero-order chi connectivity index (χ0) is 19.2. The van der Waals surface area contributed by atoms with Gasteiger partial charge >= 0.3 is 6.18 Å². The minimum atomic E-state index is -4.82. The predicted octanol–water partition coefficient (Wildman–Crippen LogP) is 3.81. The molecule has 0 aliphatic heterocycles. The van der Waals surface area contributed by atoms with Gasteiger partial charge in [0.1, 0.15) is 11.5 Å². The molecule has 0 unspecified atom stereocenters. The van der Waals surface area contributed by atoms with Crippen LogP contribution in [0.5, 0.6) is 0 Å². The summed E-state index contributed by atoms with van der Waals surface area (Å²) in [4.78, 5) is 4.09. The molecule has 1 aliphatic rings. The third-order valence-electron chi connectivity index (χ3n) is 4.72. The Morgan fingerprint density at radius 1 is 1.15 bits per heavy atom. The molecular formula is C17H15F4N5O. The minimum Gasteiger partial charge on any atom is -0.334 e. The average Bonchev–Trinajstić information content (AvgIpc) is 3.33. The average molecular weight is 381 g/mol. The summed E-state index contributed by atoms with van der Waals surface area (Å²) in [6.45, 7) is 0. The van der Waals surface area contributed by atoms with Gasteiger partial charge in [-0.05, 0) is 25.0 Å². The van der Waals surface area contributed by atoms with Crippen LogP contribution in [0.2, 0.25) is 0 Å². The Balaban J connectivity index is 1.83. The maximum absolute atomic E-state index is 14.0. The van der Waals surface area contributed by atoms with Crippen LogP contribution in [0, 0.1) is 5.82 Å². The first-order chi connectivity index (χ1) is 12.8. The summed E-state index contributed by atoms with van der Waals surface area (Å²) in [7, 11) is 0. The quantitative estimate of drug-likeness (QED) is 0.698. The van der Waals surface area contributed by atoms with E-state index in [1.54, 1.807) is 0 Å². The lowest BCUT2D eigenvalue weighted by Crippen LogP contribution is -2.34. The highest BCUT2D eigenvalue weighted by Gasteiger charge is 2.42. The van der Waals surface area contributed by atoms with Crippen LogP contribution in [-0.2, 0) is 11.7 Å². The first-order valence-corrected chi connectivity index (χ1v) is 8.33. The van der Waals surface area contributed by atoms with Gasteiger partial charge in [-0.2, -0.15) is 23.3 Å². The Morgan fingerprint density at radius 2 is 1.85 bits per heavy atom. The molecule has 0 spiro atoms. The molecule has 0 radical (unpaired) electrons. The first-order valence-electron chi connectivity index (χ1n) is 8.33. The predicted molar refractivity (Wildman–Crippen MR) is 86.1 cm³/mol. The van der Waals surface area contributed by atoms with E-state index in [0.29, 0.717) is 17.5 Å². The molecular weight excluding hydrogens is 366 g/mol. The molecule has 6 nitrogen and oxygen atoms in total. The van der Waals surface area contributed by atoms with E-state index in [2.05, 4.69) is 15.2 Å². The number of hydrogen-bond acceptors (Lipinski definition) is 5. The number of alkyl halides is 3. The number of para-hydroxylation sites is 1. The molecule has 0 amide bonds. The van der Waals surface area contributed by atoms with Crippen molar-refractivity contribution in [2.75, 3.05) is 0 Å². The van der Waals surface area contributed by atoms with E-state index in [-0.39, 0.29) is 17.4 Å². The van der Waals surface area contributed by atoms with E-state index in [0.717, 1.165) is 25.1 Å². The molecule has 3 aromatic rings. The van der Waals surface area contributed by atoms with Crippen LogP contribution in [0.25, 0.3) is 17.1 Å². The maximum atomic E-state index is 14.0. The highest BCUT2D eigenvalue weighted by atomic mass is 19.4. The van der Waals surface area contributed by atoms with E-state index >= 15 is 0 Å². The van der Waals surface area contributed by atoms with Crippen LogP contribution in [0.3, 0.4) is 0 Å². The molecule has 0 saturated heterocycles. The maximum Gasteiger partial charge on any atom is 0.434 e. The molecule has 2 heterocycles. The van der Waals surface area contributed by atoms with Gasteiger partial charge < -0.3 is 10.3 Å². The Morgan fingerprint density at radius 3 is 2.52 bits per heavy atom.